The molecule has 5 rings (SSSR count). The van der Waals surface area contributed by atoms with Crippen molar-refractivity contribution < 1.29 is 22.5 Å². The summed E-state index contributed by atoms with van der Waals surface area (Å²) in [7, 11) is -4.04. The van der Waals surface area contributed by atoms with E-state index >= 15 is 0 Å². The number of carbonyl (C=O) groups is 2. The number of aromatic nitrogens is 1. The summed E-state index contributed by atoms with van der Waals surface area (Å²) in [5.41, 5.74) is 6.87. The molecule has 2 amide bonds. The summed E-state index contributed by atoms with van der Waals surface area (Å²) in [5.74, 6) is -0.872. The maximum Gasteiger partial charge on any atom is 0.261 e. The molecule has 1 aromatic carbocycles. The Kier molecular flexibility index (Phi) is 7.60. The highest BCUT2D eigenvalue weighted by Gasteiger charge is 2.48. The minimum absolute atomic E-state index is 0.0175. The van der Waals surface area contributed by atoms with E-state index in [9.17, 15) is 18.0 Å². The largest absolute Gasteiger partial charge is 0.360 e. The van der Waals surface area contributed by atoms with Gasteiger partial charge in [-0.15, -0.1) is 11.3 Å². The van der Waals surface area contributed by atoms with Gasteiger partial charge in [-0.05, 0) is 50.1 Å². The maximum atomic E-state index is 14.0. The van der Waals surface area contributed by atoms with Gasteiger partial charge >= 0.3 is 0 Å². The fourth-order valence-electron chi connectivity index (χ4n) is 5.01. The minimum atomic E-state index is -4.04. The maximum absolute atomic E-state index is 14.0. The molecule has 1 aliphatic carbocycles. The topological polar surface area (TPSA) is 139 Å². The van der Waals surface area contributed by atoms with E-state index in [1.807, 2.05) is 0 Å². The van der Waals surface area contributed by atoms with Gasteiger partial charge in [-0.3, -0.25) is 9.59 Å². The number of nitrogens with zero attached hydrogens (tertiary/aromatic N) is 3. The summed E-state index contributed by atoms with van der Waals surface area (Å²) in [5, 5.41) is 9.08. The standard InChI is InChI=1S/C25H28ClN5O5S2/c1-15-21(22(29-36-15)18-5-2-3-6-19(18)26)25(33)30-12-13-31(38(34,35)20-7-4-14-37-20)24(30)23(32)28-17-10-8-16(27)9-11-17/h2-7,14,16-17,24H,8-13,27H2,1H3,(H,28,32). The fourth-order valence-corrected chi connectivity index (χ4v) is 7.90. The molecule has 13 heteroatoms. The van der Waals surface area contributed by atoms with Crippen LogP contribution in [-0.2, 0) is 14.8 Å². The molecule has 3 N–H and O–H groups in total. The van der Waals surface area contributed by atoms with Crippen LogP contribution in [0, 0.1) is 6.92 Å². The molecule has 1 atom stereocenters. The van der Waals surface area contributed by atoms with Crippen LogP contribution in [0.15, 0.2) is 50.5 Å². The van der Waals surface area contributed by atoms with Crippen LogP contribution in [0.2, 0.25) is 5.02 Å². The number of halogens is 1. The second-order valence-electron chi connectivity index (χ2n) is 9.48. The first-order chi connectivity index (χ1) is 18.2. The zero-order valence-corrected chi connectivity index (χ0v) is 23.1. The van der Waals surface area contributed by atoms with Crippen LogP contribution in [0.25, 0.3) is 11.3 Å². The van der Waals surface area contributed by atoms with E-state index in [-0.39, 0.29) is 46.4 Å². The van der Waals surface area contributed by atoms with E-state index in [4.69, 9.17) is 21.9 Å². The molecule has 0 bridgehead atoms. The van der Waals surface area contributed by atoms with Crippen molar-refractivity contribution in [3.63, 3.8) is 0 Å². The Morgan fingerprint density at radius 3 is 2.55 bits per heavy atom. The monoisotopic (exact) mass is 577 g/mol. The Morgan fingerprint density at radius 2 is 1.87 bits per heavy atom. The first-order valence-electron chi connectivity index (χ1n) is 12.3. The average Bonchev–Trinajstić information content (AvgIpc) is 3.66. The van der Waals surface area contributed by atoms with Crippen molar-refractivity contribution in [2.24, 2.45) is 5.73 Å². The molecule has 202 valence electrons. The first kappa shape index (κ1) is 26.8. The van der Waals surface area contributed by atoms with Crippen molar-refractivity contribution in [1.82, 2.24) is 19.7 Å². The lowest BCUT2D eigenvalue weighted by atomic mass is 9.92. The minimum Gasteiger partial charge on any atom is -0.360 e. The van der Waals surface area contributed by atoms with E-state index in [0.29, 0.717) is 23.4 Å². The lowest BCUT2D eigenvalue weighted by molar-refractivity contribution is -0.128. The Labute approximate surface area is 229 Å². The summed E-state index contributed by atoms with van der Waals surface area (Å²) in [6, 6.07) is 9.96. The van der Waals surface area contributed by atoms with Crippen molar-refractivity contribution in [3.05, 3.63) is 58.1 Å². The van der Waals surface area contributed by atoms with E-state index in [1.165, 1.54) is 11.0 Å². The number of rotatable bonds is 6. The summed E-state index contributed by atoms with van der Waals surface area (Å²) in [6.45, 7) is 1.58. The quantitative estimate of drug-likeness (QED) is 0.458. The van der Waals surface area contributed by atoms with Gasteiger partial charge in [0.25, 0.3) is 21.8 Å². The number of aryl methyl sites for hydroxylation is 1. The van der Waals surface area contributed by atoms with Crippen LogP contribution in [0.3, 0.4) is 0 Å². The predicted molar refractivity (Wildman–Crippen MR) is 143 cm³/mol. The number of amides is 2. The third-order valence-electron chi connectivity index (χ3n) is 7.01. The molecule has 1 saturated carbocycles. The number of nitrogens with one attached hydrogen (secondary N) is 1. The average molecular weight is 578 g/mol. The number of hydrogen-bond acceptors (Lipinski definition) is 8. The number of hydrogen-bond donors (Lipinski definition) is 2. The number of nitrogens with two attached hydrogens (primary N) is 1. The van der Waals surface area contributed by atoms with Crippen LogP contribution in [0.5, 0.6) is 0 Å². The van der Waals surface area contributed by atoms with Gasteiger partial charge in [-0.1, -0.05) is 41.0 Å². The predicted octanol–water partition coefficient (Wildman–Crippen LogP) is 3.22. The molecule has 3 heterocycles. The van der Waals surface area contributed by atoms with Gasteiger partial charge in [0.1, 0.15) is 21.2 Å². The highest BCUT2D eigenvalue weighted by molar-refractivity contribution is 7.91. The SMILES string of the molecule is Cc1onc(-c2ccccc2Cl)c1C(=O)N1CCN(S(=O)(=O)c2cccs2)C1C(=O)NC1CCC(N)CC1. The molecular weight excluding hydrogens is 550 g/mol. The summed E-state index contributed by atoms with van der Waals surface area (Å²) in [4.78, 5) is 29.0. The highest BCUT2D eigenvalue weighted by atomic mass is 35.5. The molecule has 0 spiro atoms. The Hall–Kier alpha value is -2.77. The number of sulfonamides is 1. The molecule has 1 aliphatic heterocycles. The van der Waals surface area contributed by atoms with Gasteiger partial charge in [-0.2, -0.15) is 4.31 Å². The highest BCUT2D eigenvalue weighted by Crippen LogP contribution is 2.34. The van der Waals surface area contributed by atoms with Gasteiger partial charge in [0, 0.05) is 30.7 Å². The first-order valence-corrected chi connectivity index (χ1v) is 15.0. The smallest absolute Gasteiger partial charge is 0.261 e. The van der Waals surface area contributed by atoms with Gasteiger partial charge in [0.15, 0.2) is 6.17 Å². The lowest BCUT2D eigenvalue weighted by Gasteiger charge is -2.32. The van der Waals surface area contributed by atoms with Gasteiger partial charge in [-0.25, -0.2) is 8.42 Å². The molecule has 2 aromatic heterocycles. The van der Waals surface area contributed by atoms with E-state index in [2.05, 4.69) is 10.5 Å². The zero-order valence-electron chi connectivity index (χ0n) is 20.7. The van der Waals surface area contributed by atoms with Gasteiger partial charge < -0.3 is 20.5 Å². The van der Waals surface area contributed by atoms with E-state index < -0.39 is 28.0 Å². The number of thiophene rings is 1. The molecule has 10 nitrogen and oxygen atoms in total. The second kappa shape index (κ2) is 10.8. The fraction of sp³-hybridized carbons (Fsp3) is 0.400. The zero-order chi connectivity index (χ0) is 27.0. The van der Waals surface area contributed by atoms with Crippen molar-refractivity contribution in [2.45, 2.75) is 55.1 Å². The van der Waals surface area contributed by atoms with Crippen LogP contribution >= 0.6 is 22.9 Å². The van der Waals surface area contributed by atoms with Gasteiger partial charge in [0.2, 0.25) is 0 Å². The van der Waals surface area contributed by atoms with Crippen LogP contribution in [-0.4, -0.2) is 65.9 Å². The second-order valence-corrected chi connectivity index (χ2v) is 13.0. The van der Waals surface area contributed by atoms with Gasteiger partial charge in [0.05, 0.1) is 5.02 Å². The van der Waals surface area contributed by atoms with Crippen molar-refractivity contribution >= 4 is 44.8 Å². The molecular formula is C25H28ClN5O5S2. The van der Waals surface area contributed by atoms with E-state index in [0.717, 1.165) is 28.5 Å². The van der Waals surface area contributed by atoms with E-state index in [1.54, 1.807) is 42.6 Å². The Bertz CT molecular complexity index is 1430. The normalized spacial score (nSPS) is 22.5. The Morgan fingerprint density at radius 1 is 1.13 bits per heavy atom. The molecule has 3 aromatic rings. The third kappa shape index (κ3) is 4.98. The third-order valence-corrected chi connectivity index (χ3v) is 10.6. The van der Waals surface area contributed by atoms with Crippen LogP contribution in [0.1, 0.15) is 41.8 Å². The number of benzene rings is 1. The van der Waals surface area contributed by atoms with Crippen molar-refractivity contribution in [1.29, 1.82) is 0 Å². The molecule has 38 heavy (non-hydrogen) atoms. The summed E-state index contributed by atoms with van der Waals surface area (Å²) < 4.78 is 33.7. The molecule has 1 saturated heterocycles. The molecule has 2 aliphatic rings. The summed E-state index contributed by atoms with van der Waals surface area (Å²) in [6.07, 6.45) is 1.52. The molecule has 0 radical (unpaired) electrons. The van der Waals surface area contributed by atoms with Crippen LogP contribution < -0.4 is 11.1 Å². The van der Waals surface area contributed by atoms with Crippen LogP contribution in [0.4, 0.5) is 0 Å². The van der Waals surface area contributed by atoms with Crippen molar-refractivity contribution in [3.8, 4) is 11.3 Å². The Balaban J connectivity index is 1.51. The number of carbonyl (C=O) groups excluding carboxylic acids is 2. The van der Waals surface area contributed by atoms with Crippen molar-refractivity contribution in [2.75, 3.05) is 13.1 Å². The lowest BCUT2D eigenvalue weighted by Crippen LogP contribution is -2.56. The molecule has 1 unspecified atom stereocenters. The molecule has 2 fully saturated rings. The summed E-state index contributed by atoms with van der Waals surface area (Å²) >= 11 is 7.44.